The molecule has 0 fully saturated rings. The summed E-state index contributed by atoms with van der Waals surface area (Å²) < 4.78 is 5.28. The Morgan fingerprint density at radius 2 is 2.14 bits per heavy atom. The standard InChI is InChI=1S/C16H17N3OS/c1-3-8-17-15-13-7-9-21-16(13)19-14(18-15)11-5-4-6-12(10-11)20-2/h4-7,9-10H,3,8H2,1-2H3,(H,17,18,19). The van der Waals surface area contributed by atoms with Crippen LogP contribution in [0.25, 0.3) is 21.6 Å². The SMILES string of the molecule is CCCNc1nc(-c2cccc(OC)c2)nc2sccc12. The number of rotatable bonds is 5. The number of benzene rings is 1. The summed E-state index contributed by atoms with van der Waals surface area (Å²) >= 11 is 1.63. The number of hydrogen-bond donors (Lipinski definition) is 1. The zero-order valence-corrected chi connectivity index (χ0v) is 12.9. The topological polar surface area (TPSA) is 47.0 Å². The van der Waals surface area contributed by atoms with Crippen LogP contribution >= 0.6 is 11.3 Å². The zero-order chi connectivity index (χ0) is 14.7. The second-order valence-corrected chi connectivity index (χ2v) is 5.59. The maximum atomic E-state index is 5.28. The average Bonchev–Trinajstić information content (AvgIpc) is 3.01. The van der Waals surface area contributed by atoms with Gasteiger partial charge in [0.05, 0.1) is 12.5 Å². The largest absolute Gasteiger partial charge is 0.497 e. The van der Waals surface area contributed by atoms with Crippen LogP contribution in [-0.2, 0) is 0 Å². The molecule has 2 heterocycles. The molecule has 1 N–H and O–H groups in total. The molecule has 3 aromatic rings. The summed E-state index contributed by atoms with van der Waals surface area (Å²) in [5, 5.41) is 6.52. The van der Waals surface area contributed by atoms with E-state index in [0.29, 0.717) is 0 Å². The number of fused-ring (bicyclic) bond motifs is 1. The van der Waals surface area contributed by atoms with E-state index in [1.165, 1.54) is 0 Å². The molecule has 0 aliphatic carbocycles. The van der Waals surface area contributed by atoms with Crippen molar-refractivity contribution < 1.29 is 4.74 Å². The highest BCUT2D eigenvalue weighted by molar-refractivity contribution is 7.16. The fraction of sp³-hybridized carbons (Fsp3) is 0.250. The third-order valence-electron chi connectivity index (χ3n) is 3.20. The van der Waals surface area contributed by atoms with Crippen LogP contribution in [0.15, 0.2) is 35.7 Å². The Hall–Kier alpha value is -2.14. The summed E-state index contributed by atoms with van der Waals surface area (Å²) in [6.45, 7) is 3.04. The predicted octanol–water partition coefficient (Wildman–Crippen LogP) is 4.19. The van der Waals surface area contributed by atoms with Gasteiger partial charge in [0, 0.05) is 12.1 Å². The van der Waals surface area contributed by atoms with Crippen LogP contribution in [0.4, 0.5) is 5.82 Å². The lowest BCUT2D eigenvalue weighted by Gasteiger charge is -2.08. The Morgan fingerprint density at radius 1 is 1.24 bits per heavy atom. The molecule has 5 heteroatoms. The minimum absolute atomic E-state index is 0.724. The van der Waals surface area contributed by atoms with Crippen LogP contribution in [0.2, 0.25) is 0 Å². The molecule has 0 bridgehead atoms. The Bertz CT molecular complexity index is 754. The lowest BCUT2D eigenvalue weighted by Crippen LogP contribution is -2.04. The molecule has 0 spiro atoms. The Kier molecular flexibility index (Phi) is 4.01. The van der Waals surface area contributed by atoms with Gasteiger partial charge in [-0.05, 0) is 30.0 Å². The van der Waals surface area contributed by atoms with Crippen molar-refractivity contribution in [2.24, 2.45) is 0 Å². The van der Waals surface area contributed by atoms with Gasteiger partial charge in [-0.1, -0.05) is 19.1 Å². The molecule has 1 aromatic carbocycles. The highest BCUT2D eigenvalue weighted by Crippen LogP contribution is 2.29. The molecule has 0 atom stereocenters. The third-order valence-corrected chi connectivity index (χ3v) is 4.00. The van der Waals surface area contributed by atoms with E-state index in [1.54, 1.807) is 18.4 Å². The minimum atomic E-state index is 0.724. The van der Waals surface area contributed by atoms with Crippen molar-refractivity contribution >= 4 is 27.4 Å². The maximum Gasteiger partial charge on any atom is 0.163 e. The maximum absolute atomic E-state index is 5.28. The van der Waals surface area contributed by atoms with Gasteiger partial charge in [0.1, 0.15) is 16.4 Å². The highest BCUT2D eigenvalue weighted by atomic mass is 32.1. The van der Waals surface area contributed by atoms with E-state index in [4.69, 9.17) is 4.74 Å². The van der Waals surface area contributed by atoms with E-state index < -0.39 is 0 Å². The van der Waals surface area contributed by atoms with Crippen LogP contribution in [0, 0.1) is 0 Å². The van der Waals surface area contributed by atoms with Gasteiger partial charge in [-0.3, -0.25) is 0 Å². The zero-order valence-electron chi connectivity index (χ0n) is 12.1. The van der Waals surface area contributed by atoms with Crippen LogP contribution in [-0.4, -0.2) is 23.6 Å². The van der Waals surface area contributed by atoms with Crippen LogP contribution < -0.4 is 10.1 Å². The molecule has 0 unspecified atom stereocenters. The van der Waals surface area contributed by atoms with Gasteiger partial charge in [0.2, 0.25) is 0 Å². The lowest BCUT2D eigenvalue weighted by atomic mass is 10.2. The second kappa shape index (κ2) is 6.10. The normalized spacial score (nSPS) is 10.8. The molecule has 4 nitrogen and oxygen atoms in total. The summed E-state index contributed by atoms with van der Waals surface area (Å²) in [4.78, 5) is 10.3. The van der Waals surface area contributed by atoms with E-state index in [2.05, 4.69) is 28.3 Å². The molecule has 0 radical (unpaired) electrons. The predicted molar refractivity (Wildman–Crippen MR) is 88.2 cm³/mol. The number of hydrogen-bond acceptors (Lipinski definition) is 5. The first kappa shape index (κ1) is 13.8. The summed E-state index contributed by atoms with van der Waals surface area (Å²) in [6.07, 6.45) is 1.06. The molecule has 0 amide bonds. The van der Waals surface area contributed by atoms with Crippen LogP contribution in [0.5, 0.6) is 5.75 Å². The number of methoxy groups -OCH3 is 1. The van der Waals surface area contributed by atoms with Crippen molar-refractivity contribution in [1.29, 1.82) is 0 Å². The highest BCUT2D eigenvalue weighted by Gasteiger charge is 2.10. The molecule has 108 valence electrons. The number of ether oxygens (including phenoxy) is 1. The first-order valence-electron chi connectivity index (χ1n) is 6.95. The summed E-state index contributed by atoms with van der Waals surface area (Å²) in [7, 11) is 1.66. The molecular weight excluding hydrogens is 282 g/mol. The summed E-state index contributed by atoms with van der Waals surface area (Å²) in [6, 6.07) is 9.89. The fourth-order valence-electron chi connectivity index (χ4n) is 2.12. The Balaban J connectivity index is 2.09. The number of nitrogens with one attached hydrogen (secondary N) is 1. The van der Waals surface area contributed by atoms with Gasteiger partial charge in [-0.2, -0.15) is 0 Å². The van der Waals surface area contributed by atoms with Gasteiger partial charge in [-0.15, -0.1) is 11.3 Å². The summed E-state index contributed by atoms with van der Waals surface area (Å²) in [5.41, 5.74) is 0.962. The van der Waals surface area contributed by atoms with Gasteiger partial charge in [0.15, 0.2) is 5.82 Å². The molecule has 2 aromatic heterocycles. The van der Waals surface area contributed by atoms with Crippen LogP contribution in [0.3, 0.4) is 0 Å². The quantitative estimate of drug-likeness (QED) is 0.767. The number of thiophene rings is 1. The smallest absolute Gasteiger partial charge is 0.163 e. The lowest BCUT2D eigenvalue weighted by molar-refractivity contribution is 0.415. The van der Waals surface area contributed by atoms with Gasteiger partial charge in [-0.25, -0.2) is 9.97 Å². The number of nitrogens with zero attached hydrogens (tertiary/aromatic N) is 2. The van der Waals surface area contributed by atoms with Crippen molar-refractivity contribution in [2.45, 2.75) is 13.3 Å². The molecule has 3 rings (SSSR count). The average molecular weight is 299 g/mol. The molecule has 0 aliphatic heterocycles. The fourth-order valence-corrected chi connectivity index (χ4v) is 2.89. The van der Waals surface area contributed by atoms with Crippen molar-refractivity contribution in [2.75, 3.05) is 19.0 Å². The third kappa shape index (κ3) is 2.83. The molecular formula is C16H17N3OS. The van der Waals surface area contributed by atoms with Gasteiger partial charge < -0.3 is 10.1 Å². The monoisotopic (exact) mass is 299 g/mol. The minimum Gasteiger partial charge on any atom is -0.497 e. The van der Waals surface area contributed by atoms with Gasteiger partial charge in [0.25, 0.3) is 0 Å². The van der Waals surface area contributed by atoms with Gasteiger partial charge >= 0.3 is 0 Å². The van der Waals surface area contributed by atoms with Crippen LogP contribution in [0.1, 0.15) is 13.3 Å². The van der Waals surface area contributed by atoms with E-state index in [1.807, 2.05) is 29.6 Å². The molecule has 0 saturated heterocycles. The molecule has 21 heavy (non-hydrogen) atoms. The Morgan fingerprint density at radius 3 is 2.95 bits per heavy atom. The van der Waals surface area contributed by atoms with Crippen molar-refractivity contribution in [3.63, 3.8) is 0 Å². The Labute approximate surface area is 127 Å². The van der Waals surface area contributed by atoms with Crippen molar-refractivity contribution in [3.05, 3.63) is 35.7 Å². The second-order valence-electron chi connectivity index (χ2n) is 4.69. The first-order valence-corrected chi connectivity index (χ1v) is 7.83. The van der Waals surface area contributed by atoms with E-state index in [9.17, 15) is 0 Å². The molecule has 0 aliphatic rings. The number of anilines is 1. The first-order chi connectivity index (χ1) is 10.3. The van der Waals surface area contributed by atoms with E-state index >= 15 is 0 Å². The number of aromatic nitrogens is 2. The molecule has 0 saturated carbocycles. The van der Waals surface area contributed by atoms with Crippen molar-refractivity contribution in [1.82, 2.24) is 9.97 Å². The van der Waals surface area contributed by atoms with E-state index in [-0.39, 0.29) is 0 Å². The summed E-state index contributed by atoms with van der Waals surface area (Å²) in [5.74, 6) is 2.44. The van der Waals surface area contributed by atoms with E-state index in [0.717, 1.165) is 46.1 Å². The van der Waals surface area contributed by atoms with Crippen molar-refractivity contribution in [3.8, 4) is 17.1 Å².